The highest BCUT2D eigenvalue weighted by atomic mass is 16.5. The van der Waals surface area contributed by atoms with Gasteiger partial charge in [0.2, 0.25) is 5.91 Å². The lowest BCUT2D eigenvalue weighted by atomic mass is 10.0. The highest BCUT2D eigenvalue weighted by Crippen LogP contribution is 2.22. The van der Waals surface area contributed by atoms with E-state index in [2.05, 4.69) is 5.32 Å². The molecule has 0 bridgehead atoms. The Labute approximate surface area is 220 Å². The number of nitrogens with zero attached hydrogens (tertiary/aromatic N) is 1. The third-order valence-corrected chi connectivity index (χ3v) is 7.14. The smallest absolute Gasteiger partial charge is 0.261 e. The summed E-state index contributed by atoms with van der Waals surface area (Å²) in [6, 6.07) is 23.5. The summed E-state index contributed by atoms with van der Waals surface area (Å²) in [5, 5.41) is 3.25. The Hall–Kier alpha value is -3.60. The molecular weight excluding hydrogens is 460 g/mol. The fourth-order valence-corrected chi connectivity index (χ4v) is 4.90. The minimum absolute atomic E-state index is 0.0945. The number of carbonyl (C=O) groups is 2. The summed E-state index contributed by atoms with van der Waals surface area (Å²) >= 11 is 0. The first-order valence-corrected chi connectivity index (χ1v) is 13.3. The molecule has 1 aliphatic carbocycles. The van der Waals surface area contributed by atoms with Crippen LogP contribution in [0.1, 0.15) is 53.5 Å². The topological polar surface area (TPSA) is 58.6 Å². The van der Waals surface area contributed by atoms with Gasteiger partial charge in [0.1, 0.15) is 11.8 Å². The SMILES string of the molecule is Cc1ccc(CN(C(=O)COc2cc(C)ccc2C)C(Cc2ccccc2)C(=O)NC2CCCC2)cc1. The monoisotopic (exact) mass is 498 g/mol. The van der Waals surface area contributed by atoms with Gasteiger partial charge in [0.25, 0.3) is 5.91 Å². The molecule has 37 heavy (non-hydrogen) atoms. The fraction of sp³-hybridized carbons (Fsp3) is 0.375. The van der Waals surface area contributed by atoms with Gasteiger partial charge in [-0.1, -0.05) is 85.1 Å². The standard InChI is InChI=1S/C32H38N2O3/c1-23-14-17-27(18-15-23)21-34(31(35)22-37-30-19-24(2)13-16-25(30)3)29(20-26-9-5-4-6-10-26)32(36)33-28-11-7-8-12-28/h4-6,9-10,13-19,28-29H,7-8,11-12,20-22H2,1-3H3,(H,33,36). The number of benzene rings is 3. The summed E-state index contributed by atoms with van der Waals surface area (Å²) in [5.41, 5.74) is 5.20. The minimum Gasteiger partial charge on any atom is -0.483 e. The van der Waals surface area contributed by atoms with Crippen molar-refractivity contribution in [2.75, 3.05) is 6.61 Å². The molecule has 1 N–H and O–H groups in total. The van der Waals surface area contributed by atoms with Gasteiger partial charge in [-0.2, -0.15) is 0 Å². The lowest BCUT2D eigenvalue weighted by Gasteiger charge is -2.32. The van der Waals surface area contributed by atoms with Crippen LogP contribution in [-0.4, -0.2) is 35.4 Å². The van der Waals surface area contributed by atoms with E-state index in [1.807, 2.05) is 93.6 Å². The predicted octanol–water partition coefficient (Wildman–Crippen LogP) is 5.69. The van der Waals surface area contributed by atoms with E-state index in [1.54, 1.807) is 4.90 Å². The average Bonchev–Trinajstić information content (AvgIpc) is 3.41. The number of amides is 2. The molecule has 0 aromatic heterocycles. The Kier molecular flexibility index (Phi) is 8.99. The van der Waals surface area contributed by atoms with Crippen molar-refractivity contribution >= 4 is 11.8 Å². The van der Waals surface area contributed by atoms with Crippen molar-refractivity contribution in [3.63, 3.8) is 0 Å². The molecule has 3 aromatic carbocycles. The molecule has 194 valence electrons. The van der Waals surface area contributed by atoms with Crippen molar-refractivity contribution in [3.8, 4) is 5.75 Å². The fourth-order valence-electron chi connectivity index (χ4n) is 4.90. The second kappa shape index (κ2) is 12.6. The largest absolute Gasteiger partial charge is 0.483 e. The lowest BCUT2D eigenvalue weighted by Crippen LogP contribution is -2.53. The number of nitrogens with one attached hydrogen (secondary N) is 1. The molecule has 1 aliphatic rings. The Morgan fingerprint density at radius 2 is 1.57 bits per heavy atom. The van der Waals surface area contributed by atoms with Gasteiger partial charge in [-0.15, -0.1) is 0 Å². The van der Waals surface area contributed by atoms with Crippen LogP contribution in [0.5, 0.6) is 5.75 Å². The quantitative estimate of drug-likeness (QED) is 0.391. The van der Waals surface area contributed by atoms with E-state index in [4.69, 9.17) is 4.74 Å². The number of ether oxygens (including phenoxy) is 1. The maximum absolute atomic E-state index is 13.8. The van der Waals surface area contributed by atoms with E-state index >= 15 is 0 Å². The molecular formula is C32H38N2O3. The maximum Gasteiger partial charge on any atom is 0.261 e. The van der Waals surface area contributed by atoms with Crippen LogP contribution in [0.3, 0.4) is 0 Å². The molecule has 4 rings (SSSR count). The molecule has 0 saturated heterocycles. The summed E-state index contributed by atoms with van der Waals surface area (Å²) in [6.07, 6.45) is 4.69. The number of hydrogen-bond donors (Lipinski definition) is 1. The van der Waals surface area contributed by atoms with Crippen molar-refractivity contribution in [1.29, 1.82) is 0 Å². The third-order valence-electron chi connectivity index (χ3n) is 7.14. The molecule has 1 unspecified atom stereocenters. The first-order valence-electron chi connectivity index (χ1n) is 13.3. The van der Waals surface area contributed by atoms with Gasteiger partial charge in [-0.3, -0.25) is 9.59 Å². The summed E-state index contributed by atoms with van der Waals surface area (Å²) < 4.78 is 6.01. The minimum atomic E-state index is -0.640. The van der Waals surface area contributed by atoms with E-state index in [0.29, 0.717) is 18.7 Å². The van der Waals surface area contributed by atoms with Crippen molar-refractivity contribution < 1.29 is 14.3 Å². The lowest BCUT2D eigenvalue weighted by molar-refractivity contribution is -0.143. The van der Waals surface area contributed by atoms with E-state index in [1.165, 1.54) is 0 Å². The number of carbonyl (C=O) groups excluding carboxylic acids is 2. The van der Waals surface area contributed by atoms with Crippen molar-refractivity contribution in [1.82, 2.24) is 10.2 Å². The normalized spacial score (nSPS) is 14.2. The summed E-state index contributed by atoms with van der Waals surface area (Å²) in [5.74, 6) is 0.394. The number of rotatable bonds is 10. The van der Waals surface area contributed by atoms with Crippen molar-refractivity contribution in [2.24, 2.45) is 0 Å². The van der Waals surface area contributed by atoms with Crippen molar-refractivity contribution in [3.05, 3.63) is 101 Å². The van der Waals surface area contributed by atoms with E-state index in [-0.39, 0.29) is 24.5 Å². The summed E-state index contributed by atoms with van der Waals surface area (Å²) in [6.45, 7) is 6.22. The van der Waals surface area contributed by atoms with Crippen molar-refractivity contribution in [2.45, 2.75) is 71.5 Å². The van der Waals surface area contributed by atoms with Crippen LogP contribution >= 0.6 is 0 Å². The second-order valence-electron chi connectivity index (χ2n) is 10.3. The predicted molar refractivity (Wildman–Crippen MR) is 147 cm³/mol. The van der Waals surface area contributed by atoms with Gasteiger partial charge in [-0.25, -0.2) is 0 Å². The molecule has 1 atom stereocenters. The van der Waals surface area contributed by atoms with Crippen LogP contribution in [0.25, 0.3) is 0 Å². The first kappa shape index (κ1) is 26.5. The molecule has 1 saturated carbocycles. The Morgan fingerprint density at radius 1 is 0.892 bits per heavy atom. The van der Waals surface area contributed by atoms with Crippen LogP contribution < -0.4 is 10.1 Å². The zero-order valence-electron chi connectivity index (χ0n) is 22.2. The molecule has 2 amide bonds. The molecule has 0 aliphatic heterocycles. The molecule has 0 heterocycles. The van der Waals surface area contributed by atoms with Crippen LogP contribution in [0.15, 0.2) is 72.8 Å². The van der Waals surface area contributed by atoms with Gasteiger partial charge in [0, 0.05) is 19.0 Å². The Balaban J connectivity index is 1.62. The molecule has 0 radical (unpaired) electrons. The van der Waals surface area contributed by atoms with E-state index in [0.717, 1.165) is 53.5 Å². The van der Waals surface area contributed by atoms with Crippen LogP contribution in [0, 0.1) is 20.8 Å². The van der Waals surface area contributed by atoms with Crippen LogP contribution in [0.4, 0.5) is 0 Å². The number of hydrogen-bond acceptors (Lipinski definition) is 3. The molecule has 3 aromatic rings. The molecule has 0 spiro atoms. The van der Waals surface area contributed by atoms with Crippen LogP contribution in [0.2, 0.25) is 0 Å². The maximum atomic E-state index is 13.8. The van der Waals surface area contributed by atoms with Gasteiger partial charge in [-0.05, 0) is 61.9 Å². The second-order valence-corrected chi connectivity index (χ2v) is 10.3. The summed E-state index contributed by atoms with van der Waals surface area (Å²) in [7, 11) is 0. The zero-order valence-corrected chi connectivity index (χ0v) is 22.2. The van der Waals surface area contributed by atoms with Gasteiger partial charge >= 0.3 is 0 Å². The highest BCUT2D eigenvalue weighted by molar-refractivity contribution is 5.88. The molecule has 5 nitrogen and oxygen atoms in total. The molecule has 1 fully saturated rings. The van der Waals surface area contributed by atoms with Gasteiger partial charge in [0.15, 0.2) is 6.61 Å². The zero-order chi connectivity index (χ0) is 26.2. The number of aryl methyl sites for hydroxylation is 3. The Morgan fingerprint density at radius 3 is 2.27 bits per heavy atom. The summed E-state index contributed by atoms with van der Waals surface area (Å²) in [4.78, 5) is 29.2. The first-order chi connectivity index (χ1) is 17.9. The third kappa shape index (κ3) is 7.45. The highest BCUT2D eigenvalue weighted by Gasteiger charge is 2.32. The van der Waals surface area contributed by atoms with Gasteiger partial charge in [0.05, 0.1) is 0 Å². The van der Waals surface area contributed by atoms with Gasteiger partial charge < -0.3 is 15.0 Å². The molecule has 5 heteroatoms. The van der Waals surface area contributed by atoms with E-state index < -0.39 is 6.04 Å². The Bertz CT molecular complexity index is 1180. The van der Waals surface area contributed by atoms with Crippen LogP contribution in [-0.2, 0) is 22.6 Å². The average molecular weight is 499 g/mol. The van der Waals surface area contributed by atoms with E-state index in [9.17, 15) is 9.59 Å².